The van der Waals surface area contributed by atoms with Crippen LogP contribution in [0.3, 0.4) is 0 Å². The van der Waals surface area contributed by atoms with Gasteiger partial charge in [0, 0.05) is 25.7 Å². The lowest BCUT2D eigenvalue weighted by atomic mass is 10.1. The molecule has 1 amide bonds. The Bertz CT molecular complexity index is 550. The molecule has 0 aliphatic carbocycles. The van der Waals surface area contributed by atoms with Crippen LogP contribution in [-0.2, 0) is 0 Å². The third-order valence-electron chi connectivity index (χ3n) is 2.39. The minimum Gasteiger partial charge on any atom is -0.506 e. The molecule has 0 saturated carbocycles. The summed E-state index contributed by atoms with van der Waals surface area (Å²) in [6.45, 7) is 0. The van der Waals surface area contributed by atoms with E-state index in [1.54, 1.807) is 44.6 Å². The molecule has 4 nitrogen and oxygen atoms in total. The van der Waals surface area contributed by atoms with Crippen molar-refractivity contribution in [2.75, 3.05) is 14.1 Å². The highest BCUT2D eigenvalue weighted by Gasteiger charge is 2.15. The Kier molecular flexibility index (Phi) is 2.48. The van der Waals surface area contributed by atoms with Crippen molar-refractivity contribution in [3.05, 3.63) is 36.0 Å². The number of fused-ring (bicyclic) bond motifs is 1. The van der Waals surface area contributed by atoms with Crippen molar-refractivity contribution in [1.82, 2.24) is 9.88 Å². The molecule has 1 aromatic carbocycles. The summed E-state index contributed by atoms with van der Waals surface area (Å²) in [5, 5.41) is 10.6. The van der Waals surface area contributed by atoms with Crippen LogP contribution in [-0.4, -0.2) is 35.0 Å². The number of nitrogens with zero attached hydrogens (tertiary/aromatic N) is 2. The number of aromatic nitrogens is 1. The maximum atomic E-state index is 11.8. The summed E-state index contributed by atoms with van der Waals surface area (Å²) in [6.07, 6.45) is 1.65. The van der Waals surface area contributed by atoms with E-state index in [9.17, 15) is 9.90 Å². The Morgan fingerprint density at radius 1 is 1.31 bits per heavy atom. The number of carbonyl (C=O) groups excluding carboxylic acids is 1. The molecule has 82 valence electrons. The molecule has 1 aromatic heterocycles. The minimum absolute atomic E-state index is 0.00991. The molecule has 0 fully saturated rings. The molecule has 0 unspecified atom stereocenters. The largest absolute Gasteiger partial charge is 0.506 e. The fourth-order valence-electron chi connectivity index (χ4n) is 1.55. The Morgan fingerprint density at radius 3 is 2.75 bits per heavy atom. The first-order valence-corrected chi connectivity index (χ1v) is 4.89. The number of benzene rings is 1. The number of phenols is 1. The van der Waals surface area contributed by atoms with Crippen molar-refractivity contribution in [3.63, 3.8) is 0 Å². The van der Waals surface area contributed by atoms with Crippen molar-refractivity contribution in [2.45, 2.75) is 0 Å². The molecule has 0 aliphatic rings. The van der Waals surface area contributed by atoms with Gasteiger partial charge in [-0.3, -0.25) is 9.78 Å². The first-order valence-electron chi connectivity index (χ1n) is 4.89. The lowest BCUT2D eigenvalue weighted by Crippen LogP contribution is -2.21. The fraction of sp³-hybridized carbons (Fsp3) is 0.167. The van der Waals surface area contributed by atoms with Gasteiger partial charge in [0.1, 0.15) is 5.75 Å². The monoisotopic (exact) mass is 216 g/mol. The van der Waals surface area contributed by atoms with Crippen LogP contribution in [0, 0.1) is 0 Å². The van der Waals surface area contributed by atoms with E-state index in [1.165, 1.54) is 4.90 Å². The lowest BCUT2D eigenvalue weighted by Gasteiger charge is -2.12. The number of amides is 1. The molecule has 1 heterocycles. The summed E-state index contributed by atoms with van der Waals surface area (Å²) in [7, 11) is 3.30. The van der Waals surface area contributed by atoms with E-state index in [0.29, 0.717) is 16.5 Å². The Hall–Kier alpha value is -2.10. The maximum Gasteiger partial charge on any atom is 0.257 e. The fourth-order valence-corrected chi connectivity index (χ4v) is 1.55. The second-order valence-corrected chi connectivity index (χ2v) is 3.73. The summed E-state index contributed by atoms with van der Waals surface area (Å²) in [6, 6.07) is 6.79. The van der Waals surface area contributed by atoms with Gasteiger partial charge in [-0.05, 0) is 24.3 Å². The summed E-state index contributed by atoms with van der Waals surface area (Å²) in [5.74, 6) is -0.229. The third kappa shape index (κ3) is 1.58. The van der Waals surface area contributed by atoms with Crippen LogP contribution in [0.5, 0.6) is 5.75 Å². The molecule has 0 saturated heterocycles. The molecule has 2 rings (SSSR count). The van der Waals surface area contributed by atoms with E-state index in [1.807, 2.05) is 0 Å². The van der Waals surface area contributed by atoms with E-state index in [4.69, 9.17) is 0 Å². The van der Waals surface area contributed by atoms with Crippen LogP contribution in [0.25, 0.3) is 10.9 Å². The van der Waals surface area contributed by atoms with E-state index >= 15 is 0 Å². The maximum absolute atomic E-state index is 11.8. The predicted octanol–water partition coefficient (Wildman–Crippen LogP) is 1.64. The number of hydrogen-bond donors (Lipinski definition) is 1. The van der Waals surface area contributed by atoms with Crippen LogP contribution in [0.4, 0.5) is 0 Å². The Labute approximate surface area is 93.1 Å². The third-order valence-corrected chi connectivity index (χ3v) is 2.39. The topological polar surface area (TPSA) is 53.4 Å². The number of rotatable bonds is 1. The van der Waals surface area contributed by atoms with Crippen molar-refractivity contribution in [1.29, 1.82) is 0 Å². The zero-order chi connectivity index (χ0) is 11.7. The van der Waals surface area contributed by atoms with Gasteiger partial charge in [0.2, 0.25) is 0 Å². The molecule has 16 heavy (non-hydrogen) atoms. The zero-order valence-corrected chi connectivity index (χ0v) is 9.14. The van der Waals surface area contributed by atoms with Gasteiger partial charge in [0.05, 0.1) is 11.1 Å². The van der Waals surface area contributed by atoms with Gasteiger partial charge in [-0.1, -0.05) is 0 Å². The molecule has 0 atom stereocenters. The molecular formula is C12H12N2O2. The standard InChI is InChI=1S/C12H12N2O2/c1-14(2)12(16)9-5-6-10-8(11(9)15)4-3-7-13-10/h3-7,15H,1-2H3. The molecule has 0 aliphatic heterocycles. The smallest absolute Gasteiger partial charge is 0.257 e. The quantitative estimate of drug-likeness (QED) is 0.788. The average molecular weight is 216 g/mol. The number of pyridine rings is 1. The predicted molar refractivity (Wildman–Crippen MR) is 61.4 cm³/mol. The average Bonchev–Trinajstić information content (AvgIpc) is 2.29. The van der Waals surface area contributed by atoms with Crippen molar-refractivity contribution in [3.8, 4) is 5.75 Å². The minimum atomic E-state index is -0.219. The number of phenolic OH excluding ortho intramolecular Hbond substituents is 1. The number of aromatic hydroxyl groups is 1. The summed E-state index contributed by atoms with van der Waals surface area (Å²) < 4.78 is 0. The second kappa shape index (κ2) is 3.81. The van der Waals surface area contributed by atoms with Crippen LogP contribution in [0.2, 0.25) is 0 Å². The lowest BCUT2D eigenvalue weighted by molar-refractivity contribution is 0.0825. The normalized spacial score (nSPS) is 10.4. The van der Waals surface area contributed by atoms with Crippen LogP contribution < -0.4 is 0 Å². The molecule has 4 heteroatoms. The van der Waals surface area contributed by atoms with Gasteiger partial charge in [0.25, 0.3) is 5.91 Å². The molecule has 0 radical (unpaired) electrons. The summed E-state index contributed by atoms with van der Waals surface area (Å²) in [4.78, 5) is 17.3. The van der Waals surface area contributed by atoms with Crippen molar-refractivity contribution in [2.24, 2.45) is 0 Å². The summed E-state index contributed by atoms with van der Waals surface area (Å²) >= 11 is 0. The first-order chi connectivity index (χ1) is 7.61. The molecule has 0 bridgehead atoms. The van der Waals surface area contributed by atoms with Crippen molar-refractivity contribution >= 4 is 16.8 Å². The molecule has 1 N–H and O–H groups in total. The van der Waals surface area contributed by atoms with Gasteiger partial charge in [-0.25, -0.2) is 0 Å². The van der Waals surface area contributed by atoms with E-state index in [-0.39, 0.29) is 11.7 Å². The summed E-state index contributed by atoms with van der Waals surface area (Å²) in [5.41, 5.74) is 0.973. The van der Waals surface area contributed by atoms with Crippen LogP contribution in [0.1, 0.15) is 10.4 Å². The zero-order valence-electron chi connectivity index (χ0n) is 9.14. The highest BCUT2D eigenvalue weighted by Crippen LogP contribution is 2.27. The SMILES string of the molecule is CN(C)C(=O)c1ccc2ncccc2c1O. The van der Waals surface area contributed by atoms with E-state index < -0.39 is 0 Å². The van der Waals surface area contributed by atoms with Gasteiger partial charge in [0.15, 0.2) is 0 Å². The highest BCUT2D eigenvalue weighted by molar-refractivity contribution is 6.02. The van der Waals surface area contributed by atoms with E-state index in [2.05, 4.69) is 4.98 Å². The molecular weight excluding hydrogens is 204 g/mol. The van der Waals surface area contributed by atoms with Gasteiger partial charge in [-0.2, -0.15) is 0 Å². The van der Waals surface area contributed by atoms with Crippen LogP contribution >= 0.6 is 0 Å². The second-order valence-electron chi connectivity index (χ2n) is 3.73. The van der Waals surface area contributed by atoms with E-state index in [0.717, 1.165) is 0 Å². The Morgan fingerprint density at radius 2 is 2.06 bits per heavy atom. The number of carbonyl (C=O) groups is 1. The Balaban J connectivity index is 2.65. The molecule has 0 spiro atoms. The van der Waals surface area contributed by atoms with Crippen molar-refractivity contribution < 1.29 is 9.90 Å². The highest BCUT2D eigenvalue weighted by atomic mass is 16.3. The van der Waals surface area contributed by atoms with Gasteiger partial charge in [-0.15, -0.1) is 0 Å². The first kappa shape index (κ1) is 10.4. The van der Waals surface area contributed by atoms with Gasteiger partial charge >= 0.3 is 0 Å². The molecule has 2 aromatic rings. The van der Waals surface area contributed by atoms with Crippen LogP contribution in [0.15, 0.2) is 30.5 Å². The van der Waals surface area contributed by atoms with Gasteiger partial charge < -0.3 is 10.0 Å². The number of hydrogen-bond acceptors (Lipinski definition) is 3.